The molecule has 0 aliphatic heterocycles. The quantitative estimate of drug-likeness (QED) is 0.724. The molecule has 0 radical (unpaired) electrons. The van der Waals surface area contributed by atoms with Crippen LogP contribution in [0.3, 0.4) is 0 Å². The zero-order valence-corrected chi connectivity index (χ0v) is 9.67. The summed E-state index contributed by atoms with van der Waals surface area (Å²) in [6.07, 6.45) is 2.01. The monoisotopic (exact) mass is 220 g/mol. The fourth-order valence-electron chi connectivity index (χ4n) is 1.70. The number of hydrogen-bond acceptors (Lipinski definition) is 2. The normalized spacial score (nSPS) is 10.9. The SMILES string of the molecule is CCCc1nc(Cl)nc2ccc(C)cc12. The first kappa shape index (κ1) is 10.4. The number of nitrogens with zero attached hydrogens (tertiary/aromatic N) is 2. The van der Waals surface area contributed by atoms with Crippen LogP contribution < -0.4 is 0 Å². The lowest BCUT2D eigenvalue weighted by Gasteiger charge is -2.05. The summed E-state index contributed by atoms with van der Waals surface area (Å²) in [6, 6.07) is 6.16. The van der Waals surface area contributed by atoms with Gasteiger partial charge in [0.15, 0.2) is 0 Å². The molecule has 0 atom stereocenters. The maximum Gasteiger partial charge on any atom is 0.223 e. The number of benzene rings is 1. The van der Waals surface area contributed by atoms with Crippen molar-refractivity contribution in [1.82, 2.24) is 9.97 Å². The molecule has 15 heavy (non-hydrogen) atoms. The third kappa shape index (κ3) is 2.10. The molecule has 0 fully saturated rings. The second kappa shape index (κ2) is 4.15. The molecule has 0 spiro atoms. The Morgan fingerprint density at radius 1 is 1.27 bits per heavy atom. The molecule has 2 nitrogen and oxygen atoms in total. The lowest BCUT2D eigenvalue weighted by Crippen LogP contribution is -1.95. The predicted octanol–water partition coefficient (Wildman–Crippen LogP) is 3.54. The van der Waals surface area contributed by atoms with Crippen molar-refractivity contribution in [2.24, 2.45) is 0 Å². The molecule has 3 heteroatoms. The van der Waals surface area contributed by atoms with Crippen LogP contribution in [0.5, 0.6) is 0 Å². The highest BCUT2D eigenvalue weighted by atomic mass is 35.5. The molecule has 0 amide bonds. The lowest BCUT2D eigenvalue weighted by molar-refractivity contribution is 0.886. The van der Waals surface area contributed by atoms with Crippen LogP contribution in [0.1, 0.15) is 24.6 Å². The van der Waals surface area contributed by atoms with Crippen molar-refractivity contribution in [2.75, 3.05) is 0 Å². The van der Waals surface area contributed by atoms with Crippen LogP contribution in [-0.4, -0.2) is 9.97 Å². The summed E-state index contributed by atoms with van der Waals surface area (Å²) in [6.45, 7) is 4.21. The summed E-state index contributed by atoms with van der Waals surface area (Å²) >= 11 is 5.88. The predicted molar refractivity (Wildman–Crippen MR) is 63.3 cm³/mol. The van der Waals surface area contributed by atoms with Gasteiger partial charge in [0.05, 0.1) is 11.2 Å². The fourth-order valence-corrected chi connectivity index (χ4v) is 1.89. The number of fused-ring (bicyclic) bond motifs is 1. The molecule has 2 aromatic rings. The molecule has 1 heterocycles. The largest absolute Gasteiger partial charge is 0.223 e. The van der Waals surface area contributed by atoms with Gasteiger partial charge in [0.1, 0.15) is 0 Å². The summed E-state index contributed by atoms with van der Waals surface area (Å²) in [5.74, 6) is 0. The maximum absolute atomic E-state index is 5.88. The summed E-state index contributed by atoms with van der Waals surface area (Å²) in [4.78, 5) is 8.50. The highest BCUT2D eigenvalue weighted by Crippen LogP contribution is 2.20. The lowest BCUT2D eigenvalue weighted by atomic mass is 10.1. The van der Waals surface area contributed by atoms with Crippen molar-refractivity contribution < 1.29 is 0 Å². The highest BCUT2D eigenvalue weighted by Gasteiger charge is 2.05. The van der Waals surface area contributed by atoms with E-state index in [1.54, 1.807) is 0 Å². The van der Waals surface area contributed by atoms with Gasteiger partial charge in [0, 0.05) is 5.39 Å². The number of aromatic nitrogens is 2. The second-order valence-corrected chi connectivity index (χ2v) is 4.05. The molecule has 0 bridgehead atoms. The molecule has 0 unspecified atom stereocenters. The Morgan fingerprint density at radius 2 is 2.07 bits per heavy atom. The van der Waals surface area contributed by atoms with Gasteiger partial charge in [-0.2, -0.15) is 0 Å². The third-order valence-electron chi connectivity index (χ3n) is 2.39. The molecule has 0 aliphatic carbocycles. The first-order chi connectivity index (χ1) is 7.20. The molecule has 0 aliphatic rings. The Kier molecular flexibility index (Phi) is 2.87. The van der Waals surface area contributed by atoms with Crippen molar-refractivity contribution in [3.8, 4) is 0 Å². The van der Waals surface area contributed by atoms with Gasteiger partial charge in [0.2, 0.25) is 5.28 Å². The molecule has 0 saturated heterocycles. The van der Waals surface area contributed by atoms with E-state index in [2.05, 4.69) is 29.9 Å². The maximum atomic E-state index is 5.88. The van der Waals surface area contributed by atoms with Gasteiger partial charge in [-0.1, -0.05) is 25.0 Å². The van der Waals surface area contributed by atoms with E-state index in [4.69, 9.17) is 11.6 Å². The minimum Gasteiger partial charge on any atom is -0.222 e. The summed E-state index contributed by atoms with van der Waals surface area (Å²) < 4.78 is 0. The van der Waals surface area contributed by atoms with E-state index in [1.807, 2.05) is 12.1 Å². The Balaban J connectivity index is 2.70. The van der Waals surface area contributed by atoms with Crippen LogP contribution in [0.4, 0.5) is 0 Å². The van der Waals surface area contributed by atoms with E-state index < -0.39 is 0 Å². The van der Waals surface area contributed by atoms with Crippen LogP contribution >= 0.6 is 11.6 Å². The van der Waals surface area contributed by atoms with Crippen LogP contribution in [0, 0.1) is 6.92 Å². The smallest absolute Gasteiger partial charge is 0.222 e. The summed E-state index contributed by atoms with van der Waals surface area (Å²) in [5, 5.41) is 1.47. The third-order valence-corrected chi connectivity index (χ3v) is 2.56. The van der Waals surface area contributed by atoms with Gasteiger partial charge in [-0.05, 0) is 37.1 Å². The first-order valence-electron chi connectivity index (χ1n) is 5.13. The van der Waals surface area contributed by atoms with E-state index in [9.17, 15) is 0 Å². The molecule has 2 rings (SSSR count). The zero-order chi connectivity index (χ0) is 10.8. The van der Waals surface area contributed by atoms with Crippen molar-refractivity contribution in [1.29, 1.82) is 0 Å². The topological polar surface area (TPSA) is 25.8 Å². The summed E-state index contributed by atoms with van der Waals surface area (Å²) in [5.41, 5.74) is 3.21. The van der Waals surface area contributed by atoms with Gasteiger partial charge in [0.25, 0.3) is 0 Å². The van der Waals surface area contributed by atoms with Crippen molar-refractivity contribution in [3.05, 3.63) is 34.7 Å². The van der Waals surface area contributed by atoms with Crippen LogP contribution in [0.25, 0.3) is 10.9 Å². The Hall–Kier alpha value is -1.15. The molecule has 1 aromatic heterocycles. The average Bonchev–Trinajstić information content (AvgIpc) is 2.19. The van der Waals surface area contributed by atoms with E-state index in [1.165, 1.54) is 5.56 Å². The van der Waals surface area contributed by atoms with Gasteiger partial charge >= 0.3 is 0 Å². The van der Waals surface area contributed by atoms with Gasteiger partial charge in [-0.25, -0.2) is 9.97 Å². The molecule has 1 aromatic carbocycles. The molecular weight excluding hydrogens is 208 g/mol. The molecular formula is C12H13ClN2. The number of halogens is 1. The van der Waals surface area contributed by atoms with Crippen LogP contribution in [0.15, 0.2) is 18.2 Å². The number of hydrogen-bond donors (Lipinski definition) is 0. The number of aryl methyl sites for hydroxylation is 2. The number of rotatable bonds is 2. The fraction of sp³-hybridized carbons (Fsp3) is 0.333. The van der Waals surface area contributed by atoms with Crippen molar-refractivity contribution in [3.63, 3.8) is 0 Å². The van der Waals surface area contributed by atoms with Gasteiger partial charge < -0.3 is 0 Å². The average molecular weight is 221 g/mol. The van der Waals surface area contributed by atoms with Crippen LogP contribution in [-0.2, 0) is 6.42 Å². The Labute approximate surface area is 94.3 Å². The minimum absolute atomic E-state index is 0.342. The van der Waals surface area contributed by atoms with Crippen molar-refractivity contribution in [2.45, 2.75) is 26.7 Å². The highest BCUT2D eigenvalue weighted by molar-refractivity contribution is 6.28. The zero-order valence-electron chi connectivity index (χ0n) is 8.92. The second-order valence-electron chi connectivity index (χ2n) is 3.71. The van der Waals surface area contributed by atoms with E-state index in [-0.39, 0.29) is 0 Å². The molecule has 0 N–H and O–H groups in total. The Bertz CT molecular complexity index is 494. The molecule has 0 saturated carbocycles. The van der Waals surface area contributed by atoms with Crippen molar-refractivity contribution >= 4 is 22.5 Å². The van der Waals surface area contributed by atoms with Gasteiger partial charge in [-0.3, -0.25) is 0 Å². The van der Waals surface area contributed by atoms with E-state index in [0.717, 1.165) is 29.4 Å². The van der Waals surface area contributed by atoms with Gasteiger partial charge in [-0.15, -0.1) is 0 Å². The summed E-state index contributed by atoms with van der Waals surface area (Å²) in [7, 11) is 0. The first-order valence-corrected chi connectivity index (χ1v) is 5.51. The standard InChI is InChI=1S/C12H13ClN2/c1-3-4-10-9-7-8(2)5-6-11(9)15-12(13)14-10/h5-7H,3-4H2,1-2H3. The Morgan fingerprint density at radius 3 is 2.80 bits per heavy atom. The van der Waals surface area contributed by atoms with Crippen LogP contribution in [0.2, 0.25) is 5.28 Å². The molecule has 78 valence electrons. The minimum atomic E-state index is 0.342. The van der Waals surface area contributed by atoms with E-state index >= 15 is 0 Å². The van der Waals surface area contributed by atoms with E-state index in [0.29, 0.717) is 5.28 Å².